The zero-order chi connectivity index (χ0) is 37.7. The summed E-state index contributed by atoms with van der Waals surface area (Å²) in [7, 11) is 0. The highest BCUT2D eigenvalue weighted by atomic mass is 32.1. The molecule has 0 aliphatic rings. The van der Waals surface area contributed by atoms with Gasteiger partial charge in [-0.2, -0.15) is 0 Å². The number of hydrogen-bond acceptors (Lipinski definition) is 3. The smallest absolute Gasteiger partial charge is 0.0641 e. The second kappa shape index (κ2) is 14.1. The zero-order valence-corrected chi connectivity index (χ0v) is 32.6. The Labute approximate surface area is 340 Å². The molecule has 0 radical (unpaired) electrons. The van der Waals surface area contributed by atoms with Gasteiger partial charge in [-0.05, 0) is 57.6 Å². The van der Waals surface area contributed by atoms with Crippen molar-refractivity contribution in [1.29, 1.82) is 0 Å². The summed E-state index contributed by atoms with van der Waals surface area (Å²) in [5.41, 5.74) is 13.2. The summed E-state index contributed by atoms with van der Waals surface area (Å²) < 4.78 is 5.12. The fourth-order valence-electron chi connectivity index (χ4n) is 8.47. The molecule has 11 rings (SSSR count). The summed E-state index contributed by atoms with van der Waals surface area (Å²) in [5, 5.41) is 5.08. The molecule has 0 bridgehead atoms. The lowest BCUT2D eigenvalue weighted by molar-refractivity contribution is 1.32. The molecule has 2 aromatic heterocycles. The van der Waals surface area contributed by atoms with Gasteiger partial charge in [0.05, 0.1) is 21.8 Å². The first-order chi connectivity index (χ1) is 28.3. The summed E-state index contributed by atoms with van der Waals surface area (Å²) in [4.78, 5) is 2.59. The normalized spacial score (nSPS) is 11.5. The van der Waals surface area contributed by atoms with Gasteiger partial charge in [0.1, 0.15) is 0 Å². The van der Waals surface area contributed by atoms with Gasteiger partial charge in [-0.25, -0.2) is 0 Å². The van der Waals surface area contributed by atoms with Crippen LogP contribution < -0.4 is 4.90 Å². The summed E-state index contributed by atoms with van der Waals surface area (Å²) in [6.45, 7) is 0. The Morgan fingerprint density at radius 2 is 0.842 bits per heavy atom. The Hall–Kier alpha value is -6.78. The van der Waals surface area contributed by atoms with Crippen molar-refractivity contribution in [3.8, 4) is 44.5 Å². The predicted molar refractivity (Wildman–Crippen MR) is 249 cm³/mol. The maximum absolute atomic E-state index is 2.59. The molecule has 0 atom stereocenters. The molecule has 0 aliphatic heterocycles. The highest BCUT2D eigenvalue weighted by molar-refractivity contribution is 7.27. The van der Waals surface area contributed by atoms with Crippen LogP contribution in [-0.4, -0.2) is 0 Å². The van der Waals surface area contributed by atoms with Gasteiger partial charge in [-0.3, -0.25) is 0 Å². The first-order valence-corrected chi connectivity index (χ1v) is 21.0. The van der Waals surface area contributed by atoms with E-state index in [9.17, 15) is 0 Å². The van der Waals surface area contributed by atoms with Crippen LogP contribution in [0.15, 0.2) is 212 Å². The number of para-hydroxylation sites is 1. The molecule has 57 heavy (non-hydrogen) atoms. The summed E-state index contributed by atoms with van der Waals surface area (Å²) in [5.74, 6) is 0. The molecule has 0 spiro atoms. The summed E-state index contributed by atoms with van der Waals surface area (Å²) >= 11 is 3.78. The maximum Gasteiger partial charge on any atom is 0.0641 e. The predicted octanol–water partition coefficient (Wildman–Crippen LogP) is 16.6. The highest BCUT2D eigenvalue weighted by Gasteiger charge is 2.27. The van der Waals surface area contributed by atoms with Crippen molar-refractivity contribution in [2.75, 3.05) is 4.90 Å². The number of thiophene rings is 2. The van der Waals surface area contributed by atoms with E-state index in [0.29, 0.717) is 0 Å². The van der Waals surface area contributed by atoms with Crippen LogP contribution in [0.3, 0.4) is 0 Å². The number of anilines is 3. The topological polar surface area (TPSA) is 3.24 Å². The Kier molecular flexibility index (Phi) is 8.28. The van der Waals surface area contributed by atoms with Crippen LogP contribution in [0.2, 0.25) is 0 Å². The molecule has 0 unspecified atom stereocenters. The van der Waals surface area contributed by atoms with E-state index >= 15 is 0 Å². The van der Waals surface area contributed by atoms with E-state index in [0.717, 1.165) is 11.4 Å². The van der Waals surface area contributed by atoms with Gasteiger partial charge < -0.3 is 4.90 Å². The van der Waals surface area contributed by atoms with E-state index < -0.39 is 0 Å². The molecule has 0 fully saturated rings. The van der Waals surface area contributed by atoms with Crippen LogP contribution in [0, 0.1) is 0 Å². The highest BCUT2D eigenvalue weighted by Crippen LogP contribution is 2.54. The minimum atomic E-state index is 1.16. The Bertz CT molecular complexity index is 3160. The molecule has 0 saturated heterocycles. The van der Waals surface area contributed by atoms with Crippen molar-refractivity contribution in [2.45, 2.75) is 0 Å². The van der Waals surface area contributed by atoms with Crippen LogP contribution in [-0.2, 0) is 0 Å². The SMILES string of the molecule is c1ccc(-c2ccc3c(c2)sc2c(N(c4c(-c5ccccc5)cccc4-c4ccccc4)c4ccc(-c5ccccc5)c5sc6ccccc6c45)cccc23)cc1. The monoisotopic (exact) mass is 761 g/mol. The average molecular weight is 762 g/mol. The van der Waals surface area contributed by atoms with Gasteiger partial charge in [0.15, 0.2) is 0 Å². The van der Waals surface area contributed by atoms with E-state index in [2.05, 4.69) is 217 Å². The third-order valence-corrected chi connectivity index (χ3v) is 13.5. The molecule has 0 N–H and O–H groups in total. The van der Waals surface area contributed by atoms with E-state index in [4.69, 9.17) is 0 Å². The molecule has 0 amide bonds. The first-order valence-electron chi connectivity index (χ1n) is 19.3. The van der Waals surface area contributed by atoms with Crippen molar-refractivity contribution >= 4 is 80.1 Å². The fraction of sp³-hybridized carbons (Fsp3) is 0. The minimum absolute atomic E-state index is 1.16. The molecule has 1 nitrogen and oxygen atoms in total. The van der Waals surface area contributed by atoms with Crippen molar-refractivity contribution in [2.24, 2.45) is 0 Å². The molecule has 11 aromatic rings. The molecular weight excluding hydrogens is 727 g/mol. The zero-order valence-electron chi connectivity index (χ0n) is 31.0. The second-order valence-electron chi connectivity index (χ2n) is 14.4. The third kappa shape index (κ3) is 5.74. The number of hydrogen-bond donors (Lipinski definition) is 0. The van der Waals surface area contributed by atoms with Gasteiger partial charge in [-0.15, -0.1) is 22.7 Å². The first kappa shape index (κ1) is 33.5. The van der Waals surface area contributed by atoms with Crippen molar-refractivity contribution in [3.05, 3.63) is 212 Å². The van der Waals surface area contributed by atoms with Crippen molar-refractivity contribution in [1.82, 2.24) is 0 Å². The quantitative estimate of drug-likeness (QED) is 0.156. The number of benzene rings is 9. The van der Waals surface area contributed by atoms with E-state index in [1.165, 1.54) is 90.5 Å². The lowest BCUT2D eigenvalue weighted by atomic mass is 9.93. The van der Waals surface area contributed by atoms with E-state index in [1.807, 2.05) is 22.7 Å². The Morgan fingerprint density at radius 3 is 1.51 bits per heavy atom. The van der Waals surface area contributed by atoms with E-state index in [-0.39, 0.29) is 0 Å². The number of nitrogens with zero attached hydrogens (tertiary/aromatic N) is 1. The Morgan fingerprint density at radius 1 is 0.298 bits per heavy atom. The molecule has 0 saturated carbocycles. The van der Waals surface area contributed by atoms with Crippen molar-refractivity contribution < 1.29 is 0 Å². The largest absolute Gasteiger partial charge is 0.307 e. The number of rotatable bonds is 7. The van der Waals surface area contributed by atoms with Crippen LogP contribution in [0.4, 0.5) is 17.1 Å². The second-order valence-corrected chi connectivity index (χ2v) is 16.5. The summed E-state index contributed by atoms with van der Waals surface area (Å²) in [6.07, 6.45) is 0. The average Bonchev–Trinajstić information content (AvgIpc) is 3.87. The Balaban J connectivity index is 1.28. The van der Waals surface area contributed by atoms with Gasteiger partial charge >= 0.3 is 0 Å². The lowest BCUT2D eigenvalue weighted by Crippen LogP contribution is -2.13. The molecular formula is C54H35NS2. The molecule has 9 aromatic carbocycles. The maximum atomic E-state index is 2.59. The third-order valence-electron chi connectivity index (χ3n) is 11.1. The van der Waals surface area contributed by atoms with Gasteiger partial charge in [0, 0.05) is 46.8 Å². The van der Waals surface area contributed by atoms with Crippen LogP contribution in [0.25, 0.3) is 84.9 Å². The van der Waals surface area contributed by atoms with Gasteiger partial charge in [0.2, 0.25) is 0 Å². The van der Waals surface area contributed by atoms with Gasteiger partial charge in [0.25, 0.3) is 0 Å². The molecule has 0 aliphatic carbocycles. The van der Waals surface area contributed by atoms with Gasteiger partial charge in [-0.1, -0.05) is 188 Å². The lowest BCUT2D eigenvalue weighted by Gasteiger charge is -2.31. The summed E-state index contributed by atoms with van der Waals surface area (Å²) in [6, 6.07) is 77.6. The standard InChI is InChI=1S/C54H35NS2/c1-5-17-36(18-6-1)40-31-32-44-45-28-16-29-48(53(45)57-50(44)35-40)55(52-41(37-19-7-2-8-20-37)26-15-27-42(52)38-21-9-3-10-22-38)47-34-33-43(39-23-11-4-12-24-39)54-51(47)46-25-13-14-30-49(46)56-54/h1-35H. The molecule has 2 heterocycles. The molecule has 268 valence electrons. The fourth-order valence-corrected chi connectivity index (χ4v) is 11.0. The van der Waals surface area contributed by atoms with Crippen LogP contribution in [0.1, 0.15) is 0 Å². The van der Waals surface area contributed by atoms with Crippen LogP contribution >= 0.6 is 22.7 Å². The molecule has 3 heteroatoms. The van der Waals surface area contributed by atoms with Crippen molar-refractivity contribution in [3.63, 3.8) is 0 Å². The number of fused-ring (bicyclic) bond motifs is 6. The van der Waals surface area contributed by atoms with E-state index in [1.54, 1.807) is 0 Å². The van der Waals surface area contributed by atoms with Crippen LogP contribution in [0.5, 0.6) is 0 Å². The minimum Gasteiger partial charge on any atom is -0.307 e.